The maximum absolute atomic E-state index is 12.7. The number of hydrogen-bond acceptors (Lipinski definition) is 4. The summed E-state index contributed by atoms with van der Waals surface area (Å²) in [6.07, 6.45) is 9.38. The molecule has 1 aliphatic carbocycles. The van der Waals surface area contributed by atoms with Gasteiger partial charge in [-0.15, -0.1) is 0 Å². The number of carbonyl (C=O) groups excluding carboxylic acids is 1. The largest absolute Gasteiger partial charge is 0.353 e. The van der Waals surface area contributed by atoms with Crippen molar-refractivity contribution in [3.63, 3.8) is 0 Å². The van der Waals surface area contributed by atoms with Crippen LogP contribution < -0.4 is 10.2 Å². The van der Waals surface area contributed by atoms with Gasteiger partial charge in [0.05, 0.1) is 10.2 Å². The zero-order chi connectivity index (χ0) is 18.8. The number of anilines is 1. The van der Waals surface area contributed by atoms with E-state index in [9.17, 15) is 4.79 Å². The number of thiazole rings is 1. The number of fused-ring (bicyclic) bond motifs is 1. The van der Waals surface area contributed by atoms with E-state index in [0.29, 0.717) is 6.04 Å². The van der Waals surface area contributed by atoms with Gasteiger partial charge in [0, 0.05) is 25.0 Å². The lowest BCUT2D eigenvalue weighted by molar-refractivity contribution is -0.126. The van der Waals surface area contributed by atoms with E-state index in [0.717, 1.165) is 49.4 Å². The first-order valence-electron chi connectivity index (χ1n) is 10.5. The van der Waals surface area contributed by atoms with Gasteiger partial charge in [-0.05, 0) is 56.7 Å². The second kappa shape index (κ2) is 8.17. The van der Waals surface area contributed by atoms with Gasteiger partial charge in [-0.2, -0.15) is 0 Å². The third kappa shape index (κ3) is 4.29. The molecule has 2 heterocycles. The summed E-state index contributed by atoms with van der Waals surface area (Å²) in [6, 6.07) is 4.85. The number of carbonyl (C=O) groups is 1. The molecule has 2 fully saturated rings. The van der Waals surface area contributed by atoms with E-state index in [1.807, 2.05) is 0 Å². The predicted molar refractivity (Wildman–Crippen MR) is 114 cm³/mol. The lowest BCUT2D eigenvalue weighted by atomic mass is 9.95. The number of aromatic nitrogens is 1. The van der Waals surface area contributed by atoms with Gasteiger partial charge in [0.2, 0.25) is 5.91 Å². The van der Waals surface area contributed by atoms with Gasteiger partial charge in [-0.25, -0.2) is 4.98 Å². The summed E-state index contributed by atoms with van der Waals surface area (Å²) in [4.78, 5) is 20.0. The number of nitrogens with one attached hydrogen (secondary N) is 1. The van der Waals surface area contributed by atoms with Crippen molar-refractivity contribution in [2.24, 2.45) is 5.92 Å². The van der Waals surface area contributed by atoms with Gasteiger partial charge < -0.3 is 10.2 Å². The number of amides is 1. The fourth-order valence-corrected chi connectivity index (χ4v) is 5.76. The van der Waals surface area contributed by atoms with Crippen molar-refractivity contribution >= 4 is 32.6 Å². The molecule has 2 aromatic rings. The van der Waals surface area contributed by atoms with Gasteiger partial charge in [0.25, 0.3) is 0 Å². The van der Waals surface area contributed by atoms with E-state index in [-0.39, 0.29) is 11.8 Å². The van der Waals surface area contributed by atoms with Crippen LogP contribution in [0.3, 0.4) is 0 Å². The molecule has 1 saturated carbocycles. The Hall–Kier alpha value is -1.62. The molecule has 27 heavy (non-hydrogen) atoms. The van der Waals surface area contributed by atoms with Crippen molar-refractivity contribution in [2.75, 3.05) is 18.0 Å². The fourth-order valence-electron chi connectivity index (χ4n) is 4.57. The van der Waals surface area contributed by atoms with E-state index >= 15 is 0 Å². The molecule has 1 aliphatic heterocycles. The predicted octanol–water partition coefficient (Wildman–Crippen LogP) is 4.97. The molecule has 1 amide bonds. The zero-order valence-electron chi connectivity index (χ0n) is 16.6. The summed E-state index contributed by atoms with van der Waals surface area (Å²) < 4.78 is 1.27. The number of rotatable bonds is 3. The Morgan fingerprint density at radius 3 is 2.48 bits per heavy atom. The van der Waals surface area contributed by atoms with Crippen molar-refractivity contribution in [3.8, 4) is 0 Å². The first-order chi connectivity index (χ1) is 13.1. The van der Waals surface area contributed by atoms with E-state index < -0.39 is 0 Å². The maximum Gasteiger partial charge on any atom is 0.223 e. The normalized spacial score (nSPS) is 20.0. The highest BCUT2D eigenvalue weighted by Crippen LogP contribution is 2.33. The highest BCUT2D eigenvalue weighted by atomic mass is 32.1. The molecule has 0 radical (unpaired) electrons. The van der Waals surface area contributed by atoms with E-state index in [2.05, 4.69) is 36.2 Å². The van der Waals surface area contributed by atoms with Crippen molar-refractivity contribution in [2.45, 2.75) is 71.3 Å². The lowest BCUT2D eigenvalue weighted by Crippen LogP contribution is -2.43. The number of hydrogen-bond donors (Lipinski definition) is 1. The first-order valence-corrected chi connectivity index (χ1v) is 11.3. The second-order valence-corrected chi connectivity index (χ2v) is 9.39. The Morgan fingerprint density at radius 1 is 1.07 bits per heavy atom. The van der Waals surface area contributed by atoms with Crippen LogP contribution in [0.25, 0.3) is 10.2 Å². The summed E-state index contributed by atoms with van der Waals surface area (Å²) in [7, 11) is 0. The van der Waals surface area contributed by atoms with Gasteiger partial charge in [0.15, 0.2) is 5.13 Å². The van der Waals surface area contributed by atoms with E-state index in [4.69, 9.17) is 4.98 Å². The molecule has 1 aromatic heterocycles. The minimum absolute atomic E-state index is 0.169. The summed E-state index contributed by atoms with van der Waals surface area (Å²) in [6.45, 7) is 6.15. The summed E-state index contributed by atoms with van der Waals surface area (Å²) in [5, 5.41) is 4.46. The third-order valence-corrected chi connectivity index (χ3v) is 7.22. The molecule has 2 aliphatic rings. The fraction of sp³-hybridized carbons (Fsp3) is 0.636. The molecule has 0 atom stereocenters. The highest BCUT2D eigenvalue weighted by molar-refractivity contribution is 7.22. The van der Waals surface area contributed by atoms with Crippen LogP contribution in [0.4, 0.5) is 5.13 Å². The number of nitrogens with zero attached hydrogens (tertiary/aromatic N) is 2. The Balaban J connectivity index is 1.36. The average molecular weight is 386 g/mol. The maximum atomic E-state index is 12.7. The van der Waals surface area contributed by atoms with Crippen molar-refractivity contribution in [1.29, 1.82) is 0 Å². The SMILES string of the molecule is Cc1cc(C)c2nc(N3CCC(C(=O)NC4CCCCCC4)CC3)sc2c1. The van der Waals surface area contributed by atoms with Crippen molar-refractivity contribution < 1.29 is 4.79 Å². The Labute approximate surface area is 166 Å². The molecule has 0 bridgehead atoms. The quantitative estimate of drug-likeness (QED) is 0.759. The van der Waals surface area contributed by atoms with Crippen LogP contribution in [0.2, 0.25) is 0 Å². The Morgan fingerprint density at radius 2 is 1.78 bits per heavy atom. The van der Waals surface area contributed by atoms with Crippen LogP contribution in [0.5, 0.6) is 0 Å². The first kappa shape index (κ1) is 18.7. The van der Waals surface area contributed by atoms with Gasteiger partial charge in [-0.1, -0.05) is 43.1 Å². The van der Waals surface area contributed by atoms with Crippen molar-refractivity contribution in [3.05, 3.63) is 23.3 Å². The van der Waals surface area contributed by atoms with Gasteiger partial charge in [-0.3, -0.25) is 4.79 Å². The Bertz CT molecular complexity index is 799. The molecule has 4 nitrogen and oxygen atoms in total. The highest BCUT2D eigenvalue weighted by Gasteiger charge is 2.28. The number of benzene rings is 1. The summed E-state index contributed by atoms with van der Waals surface area (Å²) >= 11 is 1.79. The monoisotopic (exact) mass is 385 g/mol. The third-order valence-electron chi connectivity index (χ3n) is 6.16. The van der Waals surface area contributed by atoms with Gasteiger partial charge >= 0.3 is 0 Å². The van der Waals surface area contributed by atoms with Crippen LogP contribution in [-0.2, 0) is 4.79 Å². The number of aryl methyl sites for hydroxylation is 2. The smallest absolute Gasteiger partial charge is 0.223 e. The molecule has 1 N–H and O–H groups in total. The number of piperidine rings is 1. The lowest BCUT2D eigenvalue weighted by Gasteiger charge is -2.32. The molecular formula is C22H31N3OS. The van der Waals surface area contributed by atoms with Crippen LogP contribution in [-0.4, -0.2) is 30.0 Å². The molecule has 146 valence electrons. The molecule has 5 heteroatoms. The molecule has 1 saturated heterocycles. The summed E-state index contributed by atoms with van der Waals surface area (Å²) in [5.41, 5.74) is 3.68. The molecular weight excluding hydrogens is 354 g/mol. The van der Waals surface area contributed by atoms with E-state index in [1.54, 1.807) is 11.3 Å². The molecule has 4 rings (SSSR count). The molecule has 0 unspecified atom stereocenters. The van der Waals surface area contributed by atoms with Gasteiger partial charge in [0.1, 0.15) is 0 Å². The van der Waals surface area contributed by atoms with Crippen LogP contribution in [0.1, 0.15) is 62.5 Å². The minimum Gasteiger partial charge on any atom is -0.353 e. The minimum atomic E-state index is 0.169. The standard InChI is InChI=1S/C22H31N3OS/c1-15-13-16(2)20-19(14-15)27-22(24-20)25-11-9-17(10-12-25)21(26)23-18-7-5-3-4-6-8-18/h13-14,17-18H,3-12H2,1-2H3,(H,23,26). The van der Waals surface area contributed by atoms with Crippen molar-refractivity contribution in [1.82, 2.24) is 10.3 Å². The van der Waals surface area contributed by atoms with Crippen LogP contribution in [0.15, 0.2) is 12.1 Å². The summed E-state index contributed by atoms with van der Waals surface area (Å²) in [5.74, 6) is 0.459. The van der Waals surface area contributed by atoms with E-state index in [1.165, 1.54) is 41.5 Å². The van der Waals surface area contributed by atoms with Crippen LogP contribution in [0, 0.1) is 19.8 Å². The average Bonchev–Trinajstić information content (AvgIpc) is 2.92. The Kier molecular flexibility index (Phi) is 5.67. The topological polar surface area (TPSA) is 45.2 Å². The zero-order valence-corrected chi connectivity index (χ0v) is 17.4. The van der Waals surface area contributed by atoms with Crippen LogP contribution >= 0.6 is 11.3 Å². The second-order valence-electron chi connectivity index (χ2n) is 8.38. The molecule has 0 spiro atoms. The molecule has 1 aromatic carbocycles.